The highest BCUT2D eigenvalue weighted by molar-refractivity contribution is 5.79. The highest BCUT2D eigenvalue weighted by atomic mass is 19.1. The van der Waals surface area contributed by atoms with Gasteiger partial charge in [-0.1, -0.05) is 11.2 Å². The van der Waals surface area contributed by atoms with E-state index in [0.29, 0.717) is 43.3 Å². The van der Waals surface area contributed by atoms with Gasteiger partial charge < -0.3 is 19.1 Å². The number of nitrogens with zero attached hydrogens (tertiary/aromatic N) is 5. The van der Waals surface area contributed by atoms with Crippen LogP contribution in [0.25, 0.3) is 0 Å². The molecule has 0 N–H and O–H groups in total. The Kier molecular flexibility index (Phi) is 7.00. The summed E-state index contributed by atoms with van der Waals surface area (Å²) in [5.41, 5.74) is 2.40. The van der Waals surface area contributed by atoms with E-state index in [-0.39, 0.29) is 12.3 Å². The van der Waals surface area contributed by atoms with E-state index >= 15 is 0 Å². The van der Waals surface area contributed by atoms with E-state index in [9.17, 15) is 9.18 Å². The number of amides is 1. The number of aromatic nitrogens is 3. The lowest BCUT2D eigenvalue weighted by Crippen LogP contribution is -2.36. The maximum absolute atomic E-state index is 14.8. The van der Waals surface area contributed by atoms with Crippen LogP contribution in [-0.4, -0.2) is 52.2 Å². The van der Waals surface area contributed by atoms with E-state index in [0.717, 1.165) is 54.2 Å². The Balaban J connectivity index is 0.921. The van der Waals surface area contributed by atoms with E-state index in [1.54, 1.807) is 23.2 Å². The first-order valence-corrected chi connectivity index (χ1v) is 13.7. The van der Waals surface area contributed by atoms with Gasteiger partial charge in [0, 0.05) is 50.1 Å². The highest BCUT2D eigenvalue weighted by Crippen LogP contribution is 2.49. The van der Waals surface area contributed by atoms with Crippen LogP contribution in [0.5, 0.6) is 5.75 Å². The molecule has 1 saturated heterocycles. The Morgan fingerprint density at radius 1 is 1.16 bits per heavy atom. The van der Waals surface area contributed by atoms with Crippen molar-refractivity contribution in [2.45, 2.75) is 52.0 Å². The monoisotopic (exact) mass is 519 g/mol. The minimum absolute atomic E-state index is 0.0331. The third-order valence-corrected chi connectivity index (χ3v) is 8.35. The first kappa shape index (κ1) is 24.8. The predicted octanol–water partition coefficient (Wildman–Crippen LogP) is 4.36. The van der Waals surface area contributed by atoms with E-state index in [1.165, 1.54) is 25.3 Å². The number of halogens is 1. The standard InChI is InChI=1S/C29H34FN5O3/c1-19-15-31-29(32-16-19)34-8-4-20(5-9-34)25-12-21(25)7-11-37-24-3-2-22(26(30)14-24)13-28(36)35-10-6-27-23(18-35)17-33-38-27/h2-3,14-17,20-21,25H,4-13,18H2,1H3/t21-,25-/m1/s1. The summed E-state index contributed by atoms with van der Waals surface area (Å²) in [6.07, 6.45) is 10.7. The zero-order chi connectivity index (χ0) is 26.1. The number of fused-ring (bicyclic) bond motifs is 1. The lowest BCUT2D eigenvalue weighted by atomic mass is 9.90. The van der Waals surface area contributed by atoms with Crippen LogP contribution >= 0.6 is 0 Å². The average molecular weight is 520 g/mol. The average Bonchev–Trinajstić information content (AvgIpc) is 3.55. The van der Waals surface area contributed by atoms with Gasteiger partial charge in [0.1, 0.15) is 17.3 Å². The van der Waals surface area contributed by atoms with Gasteiger partial charge in [-0.3, -0.25) is 4.79 Å². The molecule has 1 aromatic carbocycles. The second kappa shape index (κ2) is 10.7. The van der Waals surface area contributed by atoms with Crippen molar-refractivity contribution in [1.82, 2.24) is 20.0 Å². The van der Waals surface area contributed by atoms with Crippen molar-refractivity contribution in [3.63, 3.8) is 0 Å². The molecular formula is C29H34FN5O3. The van der Waals surface area contributed by atoms with Gasteiger partial charge >= 0.3 is 0 Å². The summed E-state index contributed by atoms with van der Waals surface area (Å²) in [6.45, 7) is 5.65. The quantitative estimate of drug-likeness (QED) is 0.437. The SMILES string of the molecule is Cc1cnc(N2CCC([C@H]3C[C@H]3CCOc3ccc(CC(=O)N4CCc5oncc5C4)c(F)c3)CC2)nc1. The molecule has 38 heavy (non-hydrogen) atoms. The zero-order valence-corrected chi connectivity index (χ0v) is 21.8. The van der Waals surface area contributed by atoms with Gasteiger partial charge in [0.15, 0.2) is 0 Å². The number of anilines is 1. The first-order valence-electron chi connectivity index (χ1n) is 13.7. The summed E-state index contributed by atoms with van der Waals surface area (Å²) in [6, 6.07) is 4.85. The Morgan fingerprint density at radius 3 is 2.76 bits per heavy atom. The van der Waals surface area contributed by atoms with Gasteiger partial charge in [0.05, 0.1) is 25.8 Å². The fraction of sp³-hybridized carbons (Fsp3) is 0.517. The number of ether oxygens (including phenoxy) is 1. The van der Waals surface area contributed by atoms with Crippen molar-refractivity contribution in [2.75, 3.05) is 31.1 Å². The van der Waals surface area contributed by atoms with Crippen LogP contribution in [0.3, 0.4) is 0 Å². The molecule has 2 atom stereocenters. The van der Waals surface area contributed by atoms with Crippen molar-refractivity contribution in [2.24, 2.45) is 17.8 Å². The minimum Gasteiger partial charge on any atom is -0.493 e. The number of carbonyl (C=O) groups is 1. The molecule has 0 unspecified atom stereocenters. The van der Waals surface area contributed by atoms with E-state index < -0.39 is 5.82 Å². The maximum atomic E-state index is 14.8. The fourth-order valence-electron chi connectivity index (χ4n) is 5.97. The molecule has 8 nitrogen and oxygen atoms in total. The molecule has 1 saturated carbocycles. The van der Waals surface area contributed by atoms with Gasteiger partial charge in [-0.25, -0.2) is 14.4 Å². The molecular weight excluding hydrogens is 485 g/mol. The molecule has 0 radical (unpaired) electrons. The van der Waals surface area contributed by atoms with Crippen LogP contribution < -0.4 is 9.64 Å². The number of hydrogen-bond donors (Lipinski definition) is 0. The molecule has 6 rings (SSSR count). The Hall–Kier alpha value is -3.49. The first-order chi connectivity index (χ1) is 18.5. The normalized spacial score (nSPS) is 21.3. The number of benzene rings is 1. The van der Waals surface area contributed by atoms with Crippen LogP contribution in [0, 0.1) is 30.5 Å². The summed E-state index contributed by atoms with van der Waals surface area (Å²) >= 11 is 0. The van der Waals surface area contributed by atoms with Gasteiger partial charge in [-0.2, -0.15) is 0 Å². The number of hydrogen-bond acceptors (Lipinski definition) is 7. The summed E-state index contributed by atoms with van der Waals surface area (Å²) in [5.74, 6) is 3.93. The van der Waals surface area contributed by atoms with Crippen LogP contribution in [0.4, 0.5) is 10.3 Å². The van der Waals surface area contributed by atoms with Gasteiger partial charge in [0.2, 0.25) is 11.9 Å². The molecule has 200 valence electrons. The molecule has 2 aromatic heterocycles. The number of aryl methyl sites for hydroxylation is 1. The molecule has 0 spiro atoms. The number of piperidine rings is 1. The topological polar surface area (TPSA) is 84.6 Å². The smallest absolute Gasteiger partial charge is 0.227 e. The molecule has 3 aliphatic rings. The molecule has 3 aromatic rings. The lowest BCUT2D eigenvalue weighted by molar-refractivity contribution is -0.131. The van der Waals surface area contributed by atoms with E-state index in [2.05, 4.69) is 20.0 Å². The molecule has 4 heterocycles. The van der Waals surface area contributed by atoms with Crippen molar-refractivity contribution >= 4 is 11.9 Å². The van der Waals surface area contributed by atoms with E-state index in [4.69, 9.17) is 9.26 Å². The third kappa shape index (κ3) is 5.51. The van der Waals surface area contributed by atoms with Crippen LogP contribution in [0.2, 0.25) is 0 Å². The minimum atomic E-state index is -0.396. The molecule has 1 aliphatic carbocycles. The Bertz CT molecular complexity index is 1270. The van der Waals surface area contributed by atoms with Crippen LogP contribution in [0.15, 0.2) is 41.3 Å². The second-order valence-corrected chi connectivity index (χ2v) is 11.0. The van der Waals surface area contributed by atoms with Crippen molar-refractivity contribution in [1.29, 1.82) is 0 Å². The van der Waals surface area contributed by atoms with Crippen molar-refractivity contribution in [3.8, 4) is 5.75 Å². The lowest BCUT2D eigenvalue weighted by Gasteiger charge is -2.32. The molecule has 2 fully saturated rings. The predicted molar refractivity (Wildman–Crippen MR) is 139 cm³/mol. The summed E-state index contributed by atoms with van der Waals surface area (Å²) in [4.78, 5) is 25.7. The van der Waals surface area contributed by atoms with Crippen molar-refractivity contribution in [3.05, 3.63) is 65.1 Å². The number of carbonyl (C=O) groups excluding carboxylic acids is 1. The summed E-state index contributed by atoms with van der Waals surface area (Å²) in [7, 11) is 0. The zero-order valence-electron chi connectivity index (χ0n) is 21.8. The maximum Gasteiger partial charge on any atom is 0.227 e. The number of rotatable bonds is 8. The Morgan fingerprint density at radius 2 is 1.97 bits per heavy atom. The van der Waals surface area contributed by atoms with Crippen LogP contribution in [-0.2, 0) is 24.2 Å². The van der Waals surface area contributed by atoms with Gasteiger partial charge in [-0.05, 0) is 67.6 Å². The Labute approximate surface area is 222 Å². The molecule has 9 heteroatoms. The van der Waals surface area contributed by atoms with Gasteiger partial charge in [0.25, 0.3) is 0 Å². The van der Waals surface area contributed by atoms with Crippen LogP contribution in [0.1, 0.15) is 48.1 Å². The van der Waals surface area contributed by atoms with Crippen molar-refractivity contribution < 1.29 is 18.4 Å². The summed E-state index contributed by atoms with van der Waals surface area (Å²) < 4.78 is 25.8. The molecule has 2 aliphatic heterocycles. The highest BCUT2D eigenvalue weighted by Gasteiger charge is 2.43. The van der Waals surface area contributed by atoms with Gasteiger partial charge in [-0.15, -0.1) is 0 Å². The second-order valence-electron chi connectivity index (χ2n) is 11.0. The van der Waals surface area contributed by atoms with E-state index in [1.807, 2.05) is 19.3 Å². The summed E-state index contributed by atoms with van der Waals surface area (Å²) in [5, 5.41) is 3.79. The largest absolute Gasteiger partial charge is 0.493 e. The fourth-order valence-corrected chi connectivity index (χ4v) is 5.97. The molecule has 1 amide bonds. The molecule has 0 bridgehead atoms. The third-order valence-electron chi connectivity index (χ3n) is 8.35.